The molecule has 2 aromatic rings. The van der Waals surface area contributed by atoms with Crippen LogP contribution >= 0.6 is 24.0 Å². The van der Waals surface area contributed by atoms with Crippen molar-refractivity contribution in [3.05, 3.63) is 35.2 Å². The molecule has 1 aliphatic heterocycles. The normalized spacial score (nSPS) is 18.9. The number of halogens is 2. The van der Waals surface area contributed by atoms with Crippen LogP contribution < -0.4 is 5.32 Å². The van der Waals surface area contributed by atoms with E-state index in [9.17, 15) is 0 Å². The Balaban J connectivity index is 0.00000182. The van der Waals surface area contributed by atoms with Gasteiger partial charge in [0.25, 0.3) is 0 Å². The summed E-state index contributed by atoms with van der Waals surface area (Å²) in [4.78, 5) is 6.91. The number of aromatic nitrogens is 2. The van der Waals surface area contributed by atoms with Gasteiger partial charge in [-0.3, -0.25) is 4.90 Å². The molecule has 2 aliphatic rings. The summed E-state index contributed by atoms with van der Waals surface area (Å²) in [5.41, 5.74) is 0.928. The molecule has 1 saturated carbocycles. The Morgan fingerprint density at radius 3 is 2.52 bits per heavy atom. The van der Waals surface area contributed by atoms with Gasteiger partial charge in [0.05, 0.1) is 6.54 Å². The molecular weight excluding hydrogens is 359 g/mol. The lowest BCUT2D eigenvalue weighted by Crippen LogP contribution is -2.42. The summed E-state index contributed by atoms with van der Waals surface area (Å²) < 4.78 is 5.41. The molecule has 0 atom stereocenters. The van der Waals surface area contributed by atoms with E-state index < -0.39 is 0 Å². The van der Waals surface area contributed by atoms with Crippen LogP contribution in [0.3, 0.4) is 0 Å². The smallest absolute Gasteiger partial charge is 0.241 e. The zero-order chi connectivity index (χ0) is 16.4. The SMILES string of the molecule is Cl.Clc1ccc(-c2noc(CN3CCC(NCC4CC4)CC3)n2)cc1. The summed E-state index contributed by atoms with van der Waals surface area (Å²) in [5, 5.41) is 8.50. The van der Waals surface area contributed by atoms with E-state index in [1.807, 2.05) is 24.3 Å². The van der Waals surface area contributed by atoms with E-state index in [-0.39, 0.29) is 12.4 Å². The Morgan fingerprint density at radius 1 is 1.12 bits per heavy atom. The number of nitrogens with one attached hydrogen (secondary N) is 1. The minimum absolute atomic E-state index is 0. The van der Waals surface area contributed by atoms with E-state index >= 15 is 0 Å². The van der Waals surface area contributed by atoms with Gasteiger partial charge in [-0.15, -0.1) is 12.4 Å². The fraction of sp³-hybridized carbons (Fsp3) is 0.556. The molecule has 2 fully saturated rings. The van der Waals surface area contributed by atoms with Crippen LogP contribution in [-0.4, -0.2) is 40.7 Å². The standard InChI is InChI=1S/C18H23ClN4O.ClH/c19-15-5-3-14(4-6-15)18-21-17(24-22-18)12-23-9-7-16(8-10-23)20-11-13-1-2-13;/h3-6,13,16,20H,1-2,7-12H2;1H. The quantitative estimate of drug-likeness (QED) is 0.823. The highest BCUT2D eigenvalue weighted by Crippen LogP contribution is 2.28. The Morgan fingerprint density at radius 2 is 1.84 bits per heavy atom. The molecule has 7 heteroatoms. The lowest BCUT2D eigenvalue weighted by atomic mass is 10.0. The van der Waals surface area contributed by atoms with Gasteiger partial charge in [-0.05, 0) is 62.4 Å². The third kappa shape index (κ3) is 5.17. The molecule has 4 rings (SSSR count). The molecule has 1 saturated heterocycles. The van der Waals surface area contributed by atoms with E-state index in [0.717, 1.165) is 31.1 Å². The zero-order valence-corrected chi connectivity index (χ0v) is 15.7. The van der Waals surface area contributed by atoms with E-state index in [1.54, 1.807) is 0 Å². The lowest BCUT2D eigenvalue weighted by Gasteiger charge is -2.31. The molecule has 25 heavy (non-hydrogen) atoms. The molecule has 0 amide bonds. The monoisotopic (exact) mass is 382 g/mol. The van der Waals surface area contributed by atoms with Crippen LogP contribution in [0, 0.1) is 5.92 Å². The van der Waals surface area contributed by atoms with Crippen molar-refractivity contribution >= 4 is 24.0 Å². The number of hydrogen-bond acceptors (Lipinski definition) is 5. The Bertz CT molecular complexity index is 664. The third-order valence-corrected chi connectivity index (χ3v) is 5.16. The molecule has 0 radical (unpaired) electrons. The molecule has 2 heterocycles. The van der Waals surface area contributed by atoms with Crippen LogP contribution in [-0.2, 0) is 6.54 Å². The molecule has 0 bridgehead atoms. The van der Waals surface area contributed by atoms with Crippen molar-refractivity contribution in [3.8, 4) is 11.4 Å². The number of nitrogens with zero attached hydrogens (tertiary/aromatic N) is 3. The first-order valence-corrected chi connectivity index (χ1v) is 9.18. The van der Waals surface area contributed by atoms with E-state index in [0.29, 0.717) is 22.8 Å². The van der Waals surface area contributed by atoms with Crippen LogP contribution in [0.2, 0.25) is 5.02 Å². The van der Waals surface area contributed by atoms with Gasteiger partial charge in [-0.2, -0.15) is 4.98 Å². The molecule has 5 nitrogen and oxygen atoms in total. The Hall–Kier alpha value is -1.14. The summed E-state index contributed by atoms with van der Waals surface area (Å²) in [5.74, 6) is 2.26. The van der Waals surface area contributed by atoms with Gasteiger partial charge in [0.2, 0.25) is 11.7 Å². The molecule has 0 spiro atoms. The van der Waals surface area contributed by atoms with Gasteiger partial charge in [-0.25, -0.2) is 0 Å². The first-order chi connectivity index (χ1) is 11.8. The van der Waals surface area contributed by atoms with Crippen LogP contribution in [0.1, 0.15) is 31.6 Å². The van der Waals surface area contributed by atoms with Crippen molar-refractivity contribution in [2.24, 2.45) is 5.92 Å². The second-order valence-electron chi connectivity index (χ2n) is 6.92. The summed E-state index contributed by atoms with van der Waals surface area (Å²) in [7, 11) is 0. The maximum absolute atomic E-state index is 5.91. The van der Waals surface area contributed by atoms with Gasteiger partial charge in [0.15, 0.2) is 0 Å². The average Bonchev–Trinajstić information content (AvgIpc) is 3.33. The van der Waals surface area contributed by atoms with E-state index in [1.165, 1.54) is 32.2 Å². The predicted molar refractivity (Wildman–Crippen MR) is 101 cm³/mol. The molecule has 1 N–H and O–H groups in total. The highest BCUT2D eigenvalue weighted by molar-refractivity contribution is 6.30. The van der Waals surface area contributed by atoms with Crippen molar-refractivity contribution in [1.82, 2.24) is 20.4 Å². The largest absolute Gasteiger partial charge is 0.338 e. The van der Waals surface area contributed by atoms with Crippen molar-refractivity contribution in [1.29, 1.82) is 0 Å². The van der Waals surface area contributed by atoms with Crippen molar-refractivity contribution in [3.63, 3.8) is 0 Å². The van der Waals surface area contributed by atoms with Crippen LogP contribution in [0.25, 0.3) is 11.4 Å². The topological polar surface area (TPSA) is 54.2 Å². The first-order valence-electron chi connectivity index (χ1n) is 8.80. The predicted octanol–water partition coefficient (Wildman–Crippen LogP) is 3.78. The van der Waals surface area contributed by atoms with Crippen molar-refractivity contribution in [2.45, 2.75) is 38.3 Å². The summed E-state index contributed by atoms with van der Waals surface area (Å²) in [6, 6.07) is 8.18. The molecule has 136 valence electrons. The van der Waals surface area contributed by atoms with E-state index in [2.05, 4.69) is 20.4 Å². The van der Waals surface area contributed by atoms with E-state index in [4.69, 9.17) is 16.1 Å². The number of hydrogen-bond donors (Lipinski definition) is 1. The fourth-order valence-corrected chi connectivity index (χ4v) is 3.30. The van der Waals surface area contributed by atoms with Gasteiger partial charge >= 0.3 is 0 Å². The third-order valence-electron chi connectivity index (χ3n) is 4.91. The molecule has 1 aromatic carbocycles. The minimum Gasteiger partial charge on any atom is -0.338 e. The number of piperidine rings is 1. The lowest BCUT2D eigenvalue weighted by molar-refractivity contribution is 0.170. The highest BCUT2D eigenvalue weighted by Gasteiger charge is 2.25. The Kier molecular flexibility index (Phi) is 6.34. The van der Waals surface area contributed by atoms with Gasteiger partial charge in [-0.1, -0.05) is 16.8 Å². The number of benzene rings is 1. The van der Waals surface area contributed by atoms with Crippen LogP contribution in [0.15, 0.2) is 28.8 Å². The number of rotatable bonds is 6. The van der Waals surface area contributed by atoms with Gasteiger partial charge < -0.3 is 9.84 Å². The van der Waals surface area contributed by atoms with Crippen molar-refractivity contribution in [2.75, 3.05) is 19.6 Å². The summed E-state index contributed by atoms with van der Waals surface area (Å²) in [6.07, 6.45) is 5.23. The molecule has 0 unspecified atom stereocenters. The van der Waals surface area contributed by atoms with Crippen LogP contribution in [0.5, 0.6) is 0 Å². The maximum atomic E-state index is 5.91. The van der Waals surface area contributed by atoms with Gasteiger partial charge in [0, 0.05) is 29.7 Å². The van der Waals surface area contributed by atoms with Crippen molar-refractivity contribution < 1.29 is 4.52 Å². The molecular formula is C18H24Cl2N4O. The van der Waals surface area contributed by atoms with Gasteiger partial charge in [0.1, 0.15) is 0 Å². The maximum Gasteiger partial charge on any atom is 0.241 e. The average molecular weight is 383 g/mol. The molecule has 1 aliphatic carbocycles. The molecule has 1 aromatic heterocycles. The summed E-state index contributed by atoms with van der Waals surface area (Å²) >= 11 is 5.91. The second-order valence-corrected chi connectivity index (χ2v) is 7.36. The second kappa shape index (κ2) is 8.49. The summed E-state index contributed by atoms with van der Waals surface area (Å²) in [6.45, 7) is 4.11. The zero-order valence-electron chi connectivity index (χ0n) is 14.2. The van der Waals surface area contributed by atoms with Crippen LogP contribution in [0.4, 0.5) is 0 Å². The number of likely N-dealkylation sites (tertiary alicyclic amines) is 1. The fourth-order valence-electron chi connectivity index (χ4n) is 3.18. The first kappa shape index (κ1) is 18.6. The Labute approximate surface area is 159 Å². The highest BCUT2D eigenvalue weighted by atomic mass is 35.5. The minimum atomic E-state index is 0.